The van der Waals surface area contributed by atoms with Crippen molar-refractivity contribution in [3.05, 3.63) is 29.3 Å². The van der Waals surface area contributed by atoms with Gasteiger partial charge in [-0.2, -0.15) is 0 Å². The Kier molecular flexibility index (Phi) is 4.01. The second kappa shape index (κ2) is 5.56. The number of nitrogens with zero attached hydrogens (tertiary/aromatic N) is 1. The van der Waals surface area contributed by atoms with Crippen molar-refractivity contribution in [2.75, 3.05) is 6.54 Å². The fourth-order valence-electron chi connectivity index (χ4n) is 4.64. The standard InChI is InChI=1S/C20H31NO/c1-13-6-9-18(22)12-19(13)20(5)10-11-21(15(3)14(20)2)16(4)17-7-8-17/h6,9,12,14-17,22H,7-8,10-11H2,1-5H3/t14-,15+,16+,20?/m0/s1. The molecule has 2 nitrogen and oxygen atoms in total. The third-order valence-electron chi connectivity index (χ3n) is 6.80. The van der Waals surface area contributed by atoms with Crippen LogP contribution in [-0.4, -0.2) is 28.6 Å². The van der Waals surface area contributed by atoms with Gasteiger partial charge >= 0.3 is 0 Å². The minimum absolute atomic E-state index is 0.155. The van der Waals surface area contributed by atoms with Gasteiger partial charge < -0.3 is 5.11 Å². The SMILES string of the molecule is Cc1ccc(O)cc1C1(C)CCN([C@H](C)C2CC2)[C@H](C)[C@@H]1C. The van der Waals surface area contributed by atoms with Crippen molar-refractivity contribution in [1.29, 1.82) is 0 Å². The van der Waals surface area contributed by atoms with Gasteiger partial charge in [0, 0.05) is 12.1 Å². The molecule has 4 atom stereocenters. The van der Waals surface area contributed by atoms with Crippen molar-refractivity contribution in [3.63, 3.8) is 0 Å². The van der Waals surface area contributed by atoms with E-state index in [1.165, 1.54) is 36.9 Å². The van der Waals surface area contributed by atoms with Crippen LogP contribution in [0, 0.1) is 18.8 Å². The first-order valence-electron chi connectivity index (χ1n) is 8.90. The van der Waals surface area contributed by atoms with Gasteiger partial charge in [-0.05, 0) is 87.1 Å². The lowest BCUT2D eigenvalue weighted by Crippen LogP contribution is -2.56. The molecule has 2 aliphatic rings. The highest BCUT2D eigenvalue weighted by Gasteiger charge is 2.46. The summed E-state index contributed by atoms with van der Waals surface area (Å²) in [5.41, 5.74) is 2.80. The Morgan fingerprint density at radius 1 is 1.27 bits per heavy atom. The predicted octanol–water partition coefficient (Wildman–Crippen LogP) is 4.49. The van der Waals surface area contributed by atoms with Crippen molar-refractivity contribution in [2.24, 2.45) is 11.8 Å². The molecule has 1 N–H and O–H groups in total. The van der Waals surface area contributed by atoms with E-state index in [9.17, 15) is 5.11 Å². The molecule has 0 spiro atoms. The zero-order valence-corrected chi connectivity index (χ0v) is 14.8. The average molecular weight is 301 g/mol. The number of rotatable bonds is 3. The van der Waals surface area contributed by atoms with Crippen LogP contribution in [0.2, 0.25) is 0 Å². The average Bonchev–Trinajstić information content (AvgIpc) is 3.31. The van der Waals surface area contributed by atoms with Crippen LogP contribution < -0.4 is 0 Å². The number of hydrogen-bond acceptors (Lipinski definition) is 2. The second-order valence-corrected chi connectivity index (χ2v) is 8.01. The lowest BCUT2D eigenvalue weighted by atomic mass is 9.64. The molecule has 0 amide bonds. The summed E-state index contributed by atoms with van der Waals surface area (Å²) in [7, 11) is 0. The molecule has 1 aliphatic heterocycles. The Morgan fingerprint density at radius 3 is 2.59 bits per heavy atom. The molecule has 2 heteroatoms. The third kappa shape index (κ3) is 2.56. The maximum Gasteiger partial charge on any atom is 0.115 e. The summed E-state index contributed by atoms with van der Waals surface area (Å²) < 4.78 is 0. The molecule has 0 radical (unpaired) electrons. The molecule has 122 valence electrons. The summed E-state index contributed by atoms with van der Waals surface area (Å²) >= 11 is 0. The monoisotopic (exact) mass is 301 g/mol. The minimum atomic E-state index is 0.155. The fraction of sp³-hybridized carbons (Fsp3) is 0.700. The van der Waals surface area contributed by atoms with E-state index >= 15 is 0 Å². The number of aromatic hydroxyl groups is 1. The van der Waals surface area contributed by atoms with E-state index in [-0.39, 0.29) is 5.41 Å². The van der Waals surface area contributed by atoms with Gasteiger partial charge in [0.25, 0.3) is 0 Å². The smallest absolute Gasteiger partial charge is 0.115 e. The van der Waals surface area contributed by atoms with E-state index in [0.29, 0.717) is 17.7 Å². The van der Waals surface area contributed by atoms with Gasteiger partial charge in [0.15, 0.2) is 0 Å². The molecular weight excluding hydrogens is 270 g/mol. The van der Waals surface area contributed by atoms with Gasteiger partial charge in [0.2, 0.25) is 0 Å². The van der Waals surface area contributed by atoms with Crippen LogP contribution in [0.25, 0.3) is 0 Å². The number of likely N-dealkylation sites (tertiary alicyclic amines) is 1. The number of hydrogen-bond donors (Lipinski definition) is 1. The topological polar surface area (TPSA) is 23.5 Å². The van der Waals surface area contributed by atoms with Crippen molar-refractivity contribution in [1.82, 2.24) is 4.90 Å². The van der Waals surface area contributed by atoms with E-state index in [2.05, 4.69) is 45.6 Å². The van der Waals surface area contributed by atoms with Crippen LogP contribution in [-0.2, 0) is 5.41 Å². The largest absolute Gasteiger partial charge is 0.508 e. The molecule has 1 saturated heterocycles. The molecule has 22 heavy (non-hydrogen) atoms. The van der Waals surface area contributed by atoms with Crippen molar-refractivity contribution in [2.45, 2.75) is 71.4 Å². The molecule has 1 aromatic carbocycles. The van der Waals surface area contributed by atoms with E-state index in [4.69, 9.17) is 0 Å². The number of aryl methyl sites for hydroxylation is 1. The van der Waals surface area contributed by atoms with Gasteiger partial charge in [-0.15, -0.1) is 0 Å². The van der Waals surface area contributed by atoms with Crippen molar-refractivity contribution < 1.29 is 5.11 Å². The lowest BCUT2D eigenvalue weighted by Gasteiger charge is -2.52. The van der Waals surface area contributed by atoms with Crippen molar-refractivity contribution in [3.8, 4) is 5.75 Å². The van der Waals surface area contributed by atoms with E-state index < -0.39 is 0 Å². The number of phenolic OH excluding ortho intramolecular Hbond substituents is 1. The first kappa shape index (κ1) is 15.9. The summed E-state index contributed by atoms with van der Waals surface area (Å²) in [6, 6.07) is 7.19. The Bertz CT molecular complexity index is 551. The number of benzene rings is 1. The molecule has 1 aromatic rings. The Labute approximate surface area is 135 Å². The van der Waals surface area contributed by atoms with Crippen LogP contribution in [0.4, 0.5) is 0 Å². The van der Waals surface area contributed by atoms with Gasteiger partial charge in [-0.3, -0.25) is 4.90 Å². The number of phenols is 1. The molecule has 1 aliphatic carbocycles. The minimum Gasteiger partial charge on any atom is -0.508 e. The van der Waals surface area contributed by atoms with Gasteiger partial charge in [-0.1, -0.05) is 19.9 Å². The van der Waals surface area contributed by atoms with Crippen LogP contribution in [0.15, 0.2) is 18.2 Å². The molecule has 1 saturated carbocycles. The van der Waals surface area contributed by atoms with Crippen LogP contribution in [0.3, 0.4) is 0 Å². The van der Waals surface area contributed by atoms with Crippen LogP contribution >= 0.6 is 0 Å². The Hall–Kier alpha value is -1.02. The maximum absolute atomic E-state index is 9.95. The molecule has 0 bridgehead atoms. The van der Waals surface area contributed by atoms with Gasteiger partial charge in [-0.25, -0.2) is 0 Å². The molecule has 1 heterocycles. The molecule has 3 rings (SSSR count). The second-order valence-electron chi connectivity index (χ2n) is 8.01. The van der Waals surface area contributed by atoms with E-state index in [0.717, 1.165) is 12.0 Å². The molecule has 2 fully saturated rings. The first-order valence-corrected chi connectivity index (χ1v) is 8.90. The highest BCUT2D eigenvalue weighted by Crippen LogP contribution is 2.46. The van der Waals surface area contributed by atoms with E-state index in [1.807, 2.05) is 6.07 Å². The number of piperidine rings is 1. The summed E-state index contributed by atoms with van der Waals surface area (Å²) in [4.78, 5) is 2.74. The highest BCUT2D eigenvalue weighted by atomic mass is 16.3. The van der Waals surface area contributed by atoms with Crippen molar-refractivity contribution >= 4 is 0 Å². The zero-order chi connectivity index (χ0) is 16.1. The van der Waals surface area contributed by atoms with Gasteiger partial charge in [0.05, 0.1) is 0 Å². The van der Waals surface area contributed by atoms with E-state index in [1.54, 1.807) is 6.07 Å². The fourth-order valence-corrected chi connectivity index (χ4v) is 4.64. The normalized spacial score (nSPS) is 34.6. The summed E-state index contributed by atoms with van der Waals surface area (Å²) in [6.45, 7) is 13.0. The third-order valence-corrected chi connectivity index (χ3v) is 6.80. The molecule has 0 aromatic heterocycles. The molecular formula is C20H31NO. The summed E-state index contributed by atoms with van der Waals surface area (Å²) in [5, 5.41) is 9.95. The first-order chi connectivity index (χ1) is 10.3. The predicted molar refractivity (Wildman–Crippen MR) is 92.3 cm³/mol. The maximum atomic E-state index is 9.95. The quantitative estimate of drug-likeness (QED) is 0.889. The summed E-state index contributed by atoms with van der Waals surface area (Å²) in [6.07, 6.45) is 4.02. The highest BCUT2D eigenvalue weighted by molar-refractivity contribution is 5.40. The van der Waals surface area contributed by atoms with Gasteiger partial charge in [0.1, 0.15) is 5.75 Å². The molecule has 1 unspecified atom stereocenters. The van der Waals surface area contributed by atoms with Crippen LogP contribution in [0.5, 0.6) is 5.75 Å². The lowest BCUT2D eigenvalue weighted by molar-refractivity contribution is 0.0191. The zero-order valence-electron chi connectivity index (χ0n) is 14.8. The summed E-state index contributed by atoms with van der Waals surface area (Å²) in [5.74, 6) is 1.92. The van der Waals surface area contributed by atoms with Crippen LogP contribution in [0.1, 0.15) is 58.1 Å². The Morgan fingerprint density at radius 2 is 1.95 bits per heavy atom. The Balaban J connectivity index is 1.87.